The quantitative estimate of drug-likeness (QED) is 0.659. The maximum absolute atomic E-state index is 5.92. The topological polar surface area (TPSA) is 36.3 Å². The third-order valence-corrected chi connectivity index (χ3v) is 6.55. The average molecular weight is 383 g/mol. The first-order valence-corrected chi connectivity index (χ1v) is 10.5. The summed E-state index contributed by atoms with van der Waals surface area (Å²) in [6, 6.07) is 11.1. The molecule has 2 aromatic heterocycles. The fraction of sp³-hybridized carbons (Fsp3) is 0.269. The number of benzene rings is 1. The number of nitrogens with zero attached hydrogens (tertiary/aromatic N) is 2. The van der Waals surface area contributed by atoms with E-state index in [-0.39, 0.29) is 5.41 Å². The molecule has 1 atom stereocenters. The minimum absolute atomic E-state index is 0.00333. The molecule has 3 aromatic rings. The van der Waals surface area contributed by atoms with Gasteiger partial charge in [-0.05, 0) is 67.6 Å². The number of nitrogens with two attached hydrogens (primary N) is 1. The van der Waals surface area contributed by atoms with Crippen LogP contribution < -0.4 is 10.1 Å². The van der Waals surface area contributed by atoms with Crippen LogP contribution in [0.4, 0.5) is 0 Å². The number of aryl methyl sites for hydroxylation is 1. The molecule has 0 radical (unpaired) electrons. The molecule has 0 fully saturated rings. The zero-order chi connectivity index (χ0) is 20.2. The van der Waals surface area contributed by atoms with Crippen LogP contribution in [0.2, 0.25) is 0 Å². The van der Waals surface area contributed by atoms with Crippen LogP contribution in [0.25, 0.3) is 23.2 Å². The average Bonchev–Trinajstić information content (AvgIpc) is 3.39. The second kappa shape index (κ2) is 6.57. The fourth-order valence-corrected chi connectivity index (χ4v) is 5.00. The lowest BCUT2D eigenvalue weighted by molar-refractivity contribution is -0.583. The second-order valence-electron chi connectivity index (χ2n) is 8.56. The van der Waals surface area contributed by atoms with E-state index in [0.717, 1.165) is 12.8 Å². The molecule has 1 aliphatic heterocycles. The van der Waals surface area contributed by atoms with E-state index in [4.69, 9.17) is 5.73 Å². The maximum Gasteiger partial charge on any atom is 0.242 e. The van der Waals surface area contributed by atoms with Crippen molar-refractivity contribution >= 4 is 23.2 Å². The van der Waals surface area contributed by atoms with Crippen LogP contribution in [0.5, 0.6) is 0 Å². The first-order chi connectivity index (χ1) is 14.0. The molecule has 3 heteroatoms. The lowest BCUT2D eigenvalue weighted by atomic mass is 9.72. The van der Waals surface area contributed by atoms with Gasteiger partial charge in [0.05, 0.1) is 5.56 Å². The maximum atomic E-state index is 5.92. The normalized spacial score (nSPS) is 20.2. The second-order valence-corrected chi connectivity index (χ2v) is 8.56. The van der Waals surface area contributed by atoms with Crippen molar-refractivity contribution in [2.45, 2.75) is 39.0 Å². The van der Waals surface area contributed by atoms with Gasteiger partial charge in [-0.2, -0.15) is 0 Å². The van der Waals surface area contributed by atoms with E-state index in [2.05, 4.69) is 96.6 Å². The van der Waals surface area contributed by atoms with Gasteiger partial charge in [0.2, 0.25) is 11.9 Å². The molecule has 5 rings (SSSR count). The summed E-state index contributed by atoms with van der Waals surface area (Å²) in [6.45, 7) is 7.43. The molecule has 3 nitrogen and oxygen atoms in total. The van der Waals surface area contributed by atoms with E-state index < -0.39 is 0 Å². The van der Waals surface area contributed by atoms with Crippen molar-refractivity contribution in [3.8, 4) is 0 Å². The van der Waals surface area contributed by atoms with Crippen molar-refractivity contribution in [3.05, 3.63) is 88.4 Å². The fourth-order valence-electron chi connectivity index (χ4n) is 5.00. The highest BCUT2D eigenvalue weighted by atomic mass is 15.3. The molecular formula is C26H28N3+. The summed E-state index contributed by atoms with van der Waals surface area (Å²) >= 11 is 0. The van der Waals surface area contributed by atoms with Gasteiger partial charge < -0.3 is 5.73 Å². The molecule has 3 heterocycles. The van der Waals surface area contributed by atoms with Crippen LogP contribution in [0, 0.1) is 13.1 Å². The van der Waals surface area contributed by atoms with Crippen molar-refractivity contribution in [2.75, 3.05) is 6.54 Å². The third-order valence-electron chi connectivity index (χ3n) is 6.55. The number of hydrogen-bond acceptors (Lipinski definition) is 1. The zero-order valence-electron chi connectivity index (χ0n) is 17.4. The van der Waals surface area contributed by atoms with Crippen molar-refractivity contribution in [1.29, 1.82) is 0 Å². The molecule has 146 valence electrons. The molecule has 1 aliphatic carbocycles. The number of rotatable bonds is 4. The number of fused-ring (bicyclic) bond motifs is 4. The lowest BCUT2D eigenvalue weighted by Crippen LogP contribution is -2.25. The lowest BCUT2D eigenvalue weighted by Gasteiger charge is -2.32. The van der Waals surface area contributed by atoms with Crippen LogP contribution in [0.1, 0.15) is 53.9 Å². The van der Waals surface area contributed by atoms with Crippen molar-refractivity contribution in [2.24, 2.45) is 5.73 Å². The van der Waals surface area contributed by atoms with Crippen LogP contribution in [-0.4, -0.2) is 11.1 Å². The van der Waals surface area contributed by atoms with Gasteiger partial charge in [0.25, 0.3) is 0 Å². The van der Waals surface area contributed by atoms with Gasteiger partial charge in [0.1, 0.15) is 11.2 Å². The predicted octanol–water partition coefficient (Wildman–Crippen LogP) is 4.57. The summed E-state index contributed by atoms with van der Waals surface area (Å²) < 4.78 is 4.60. The van der Waals surface area contributed by atoms with Gasteiger partial charge >= 0.3 is 0 Å². The van der Waals surface area contributed by atoms with Crippen LogP contribution in [0.3, 0.4) is 0 Å². The summed E-state index contributed by atoms with van der Waals surface area (Å²) in [5.74, 6) is 0. The molecule has 0 spiro atoms. The molecule has 2 N–H and O–H groups in total. The number of hydrogen-bond donors (Lipinski definition) is 1. The highest BCUT2D eigenvalue weighted by Crippen LogP contribution is 2.40. The minimum Gasteiger partial charge on any atom is -0.330 e. The smallest absolute Gasteiger partial charge is 0.242 e. The van der Waals surface area contributed by atoms with Crippen LogP contribution in [0.15, 0.2) is 48.6 Å². The highest BCUT2D eigenvalue weighted by Gasteiger charge is 2.30. The Labute approximate surface area is 172 Å². The van der Waals surface area contributed by atoms with E-state index in [1.165, 1.54) is 44.7 Å². The molecule has 1 unspecified atom stereocenters. The Bertz CT molecular complexity index is 1270. The first-order valence-electron chi connectivity index (χ1n) is 10.5. The molecule has 0 saturated carbocycles. The number of allylic oxidation sites excluding steroid dienone is 4. The third kappa shape index (κ3) is 2.65. The van der Waals surface area contributed by atoms with Gasteiger partial charge in [-0.3, -0.25) is 0 Å². The molecule has 0 bridgehead atoms. The molecule has 0 saturated heterocycles. The minimum atomic E-state index is -0.00333. The zero-order valence-corrected chi connectivity index (χ0v) is 17.4. The van der Waals surface area contributed by atoms with Gasteiger partial charge in [0.15, 0.2) is 0 Å². The van der Waals surface area contributed by atoms with Crippen molar-refractivity contribution in [3.63, 3.8) is 0 Å². The van der Waals surface area contributed by atoms with Gasteiger partial charge in [-0.15, -0.1) is 4.52 Å². The van der Waals surface area contributed by atoms with Crippen LogP contribution in [-0.2, 0) is 11.8 Å². The summed E-state index contributed by atoms with van der Waals surface area (Å²) in [5, 5.41) is 0. The summed E-state index contributed by atoms with van der Waals surface area (Å²) in [6.07, 6.45) is 15.4. The van der Waals surface area contributed by atoms with E-state index in [0.29, 0.717) is 6.54 Å². The van der Waals surface area contributed by atoms with Crippen molar-refractivity contribution < 1.29 is 4.36 Å². The van der Waals surface area contributed by atoms with Gasteiger partial charge in [0, 0.05) is 17.6 Å². The van der Waals surface area contributed by atoms with Gasteiger partial charge in [-0.25, -0.2) is 0 Å². The molecule has 0 amide bonds. The SMILES string of the molecule is CC1=CCC(C)(/C=C/c2cc(C)c3c(CCN)c4[n+](n23)=CC=C4)c2ccccc21. The number of aromatic nitrogens is 2. The highest BCUT2D eigenvalue weighted by molar-refractivity contribution is 5.73. The van der Waals surface area contributed by atoms with Crippen LogP contribution >= 0.6 is 0 Å². The Hall–Kier alpha value is -2.91. The summed E-state index contributed by atoms with van der Waals surface area (Å²) in [4.78, 5) is 0. The molecule has 29 heavy (non-hydrogen) atoms. The first kappa shape index (κ1) is 18.1. The van der Waals surface area contributed by atoms with E-state index in [1.807, 2.05) is 0 Å². The Morgan fingerprint density at radius 3 is 2.90 bits per heavy atom. The monoisotopic (exact) mass is 382 g/mol. The largest absolute Gasteiger partial charge is 0.330 e. The molecule has 1 aromatic carbocycles. The van der Waals surface area contributed by atoms with E-state index >= 15 is 0 Å². The Balaban J connectivity index is 1.64. The van der Waals surface area contributed by atoms with E-state index in [9.17, 15) is 0 Å². The standard InChI is InChI=1S/C26H28N3/c1-18-10-13-26(3,23-8-5-4-7-21(18)23)14-11-20-17-19(2)25-22(12-15-27)24-9-6-16-28(24)29(20)25/h4-11,14,16-17H,12-13,15,27H2,1-3H3/q+1/b14-11+. The Morgan fingerprint density at radius 1 is 1.24 bits per heavy atom. The Kier molecular flexibility index (Phi) is 4.11. The molecular weight excluding hydrogens is 354 g/mol. The summed E-state index contributed by atoms with van der Waals surface area (Å²) in [5.41, 5.74) is 16.5. The summed E-state index contributed by atoms with van der Waals surface area (Å²) in [7, 11) is 0. The van der Waals surface area contributed by atoms with Gasteiger partial charge in [-0.1, -0.05) is 47.7 Å². The molecule has 2 aliphatic rings. The predicted molar refractivity (Wildman–Crippen MR) is 121 cm³/mol. The van der Waals surface area contributed by atoms with Crippen molar-refractivity contribution in [1.82, 2.24) is 4.52 Å². The van der Waals surface area contributed by atoms with E-state index in [1.54, 1.807) is 0 Å². The Morgan fingerprint density at radius 2 is 2.07 bits per heavy atom.